The van der Waals surface area contributed by atoms with Crippen LogP contribution in [0.1, 0.15) is 23.0 Å². The van der Waals surface area contributed by atoms with Crippen molar-refractivity contribution in [1.82, 2.24) is 30.0 Å². The van der Waals surface area contributed by atoms with Gasteiger partial charge in [-0.3, -0.25) is 9.80 Å². The fraction of sp³-hybridized carbons (Fsp3) is 0.409. The summed E-state index contributed by atoms with van der Waals surface area (Å²) >= 11 is 0. The van der Waals surface area contributed by atoms with Gasteiger partial charge in [0.05, 0.1) is 13.2 Å². The zero-order chi connectivity index (χ0) is 20.8. The van der Waals surface area contributed by atoms with Crippen molar-refractivity contribution in [3.63, 3.8) is 0 Å². The third-order valence-corrected chi connectivity index (χ3v) is 5.53. The predicted molar refractivity (Wildman–Crippen MR) is 118 cm³/mol. The normalized spacial score (nSPS) is 16.1. The number of benzene rings is 2. The van der Waals surface area contributed by atoms with Gasteiger partial charge < -0.3 is 4.74 Å². The fourth-order valence-corrected chi connectivity index (χ4v) is 3.96. The molecule has 0 aliphatic carbocycles. The zero-order valence-corrected chi connectivity index (χ0v) is 18.4. The van der Waals surface area contributed by atoms with Gasteiger partial charge in [0.2, 0.25) is 0 Å². The van der Waals surface area contributed by atoms with Crippen LogP contribution < -0.4 is 0 Å². The van der Waals surface area contributed by atoms with Crippen LogP contribution in [0, 0.1) is 5.82 Å². The van der Waals surface area contributed by atoms with Gasteiger partial charge in [0.1, 0.15) is 11.9 Å². The smallest absolute Gasteiger partial charge is 0.173 e. The molecule has 1 aliphatic rings. The third-order valence-electron chi connectivity index (χ3n) is 5.53. The predicted octanol–water partition coefficient (Wildman–Crippen LogP) is 2.79. The monoisotopic (exact) mass is 446 g/mol. The Kier molecular flexibility index (Phi) is 8.48. The van der Waals surface area contributed by atoms with Crippen molar-refractivity contribution in [3.8, 4) is 0 Å². The Hall–Kier alpha value is -2.39. The lowest BCUT2D eigenvalue weighted by Crippen LogP contribution is -2.48. The Bertz CT molecular complexity index is 933. The topological polar surface area (TPSA) is 59.3 Å². The number of hydrogen-bond acceptors (Lipinski definition) is 6. The fourth-order valence-electron chi connectivity index (χ4n) is 3.96. The highest BCUT2D eigenvalue weighted by molar-refractivity contribution is 5.85. The van der Waals surface area contributed by atoms with E-state index >= 15 is 0 Å². The summed E-state index contributed by atoms with van der Waals surface area (Å²) < 4.78 is 21.7. The summed E-state index contributed by atoms with van der Waals surface area (Å²) in [4.78, 5) is 4.70. The summed E-state index contributed by atoms with van der Waals surface area (Å²) in [6.45, 7) is 5.36. The van der Waals surface area contributed by atoms with Gasteiger partial charge in [-0.15, -0.1) is 17.5 Å². The molecular formula is C22H28ClFN6O. The number of hydrogen-bond donors (Lipinski definition) is 0. The van der Waals surface area contributed by atoms with Crippen LogP contribution in [0.5, 0.6) is 0 Å². The van der Waals surface area contributed by atoms with Crippen molar-refractivity contribution in [3.05, 3.63) is 77.4 Å². The van der Waals surface area contributed by atoms with Crippen LogP contribution in [0.4, 0.5) is 4.39 Å². The van der Waals surface area contributed by atoms with E-state index < -0.39 is 0 Å². The Morgan fingerprint density at radius 3 is 2.42 bits per heavy atom. The van der Waals surface area contributed by atoms with E-state index in [2.05, 4.69) is 49.6 Å². The molecule has 2 heterocycles. The first-order chi connectivity index (χ1) is 14.8. The molecule has 1 fully saturated rings. The number of piperazine rings is 1. The van der Waals surface area contributed by atoms with Gasteiger partial charge in [-0.25, -0.2) is 9.07 Å². The summed E-state index contributed by atoms with van der Waals surface area (Å²) in [5.74, 6) is 0.407. The second-order valence-corrected chi connectivity index (χ2v) is 7.47. The molecule has 1 unspecified atom stereocenters. The Labute approximate surface area is 188 Å². The molecule has 1 aromatic heterocycles. The zero-order valence-electron chi connectivity index (χ0n) is 17.6. The van der Waals surface area contributed by atoms with E-state index in [1.807, 2.05) is 18.2 Å². The Balaban J connectivity index is 0.00000272. The minimum Gasteiger partial charge on any atom is -0.383 e. The maximum absolute atomic E-state index is 14.8. The quantitative estimate of drug-likeness (QED) is 0.530. The molecule has 7 nitrogen and oxygen atoms in total. The first kappa shape index (κ1) is 23.3. The second kappa shape index (κ2) is 11.3. The van der Waals surface area contributed by atoms with Crippen LogP contribution in [-0.4, -0.2) is 69.9 Å². The van der Waals surface area contributed by atoms with Crippen molar-refractivity contribution in [2.45, 2.75) is 19.1 Å². The van der Waals surface area contributed by atoms with Gasteiger partial charge in [-0.2, -0.15) is 0 Å². The van der Waals surface area contributed by atoms with Crippen molar-refractivity contribution in [2.24, 2.45) is 0 Å². The lowest BCUT2D eigenvalue weighted by Gasteiger charge is -2.39. The molecule has 2 aromatic carbocycles. The summed E-state index contributed by atoms with van der Waals surface area (Å²) in [7, 11) is 1.64. The van der Waals surface area contributed by atoms with Crippen molar-refractivity contribution >= 4 is 12.4 Å². The lowest BCUT2D eigenvalue weighted by molar-refractivity contribution is 0.0976. The molecule has 31 heavy (non-hydrogen) atoms. The van der Waals surface area contributed by atoms with E-state index in [0.29, 0.717) is 24.5 Å². The van der Waals surface area contributed by atoms with Crippen molar-refractivity contribution in [1.29, 1.82) is 0 Å². The Morgan fingerprint density at radius 2 is 1.71 bits per heavy atom. The highest BCUT2D eigenvalue weighted by Crippen LogP contribution is 2.30. The van der Waals surface area contributed by atoms with E-state index in [1.165, 1.54) is 11.6 Å². The van der Waals surface area contributed by atoms with Gasteiger partial charge in [0.25, 0.3) is 0 Å². The van der Waals surface area contributed by atoms with Gasteiger partial charge in [0.15, 0.2) is 5.82 Å². The standard InChI is InChI=1S/C22H27FN6O.ClH/c1-30-16-15-29-22(24-25-26-29)21(19-9-5-6-10-20(19)23)28-13-11-27(12-14-28)17-18-7-3-2-4-8-18;/h2-10,21H,11-17H2,1H3;1H. The number of methoxy groups -OCH3 is 1. The van der Waals surface area contributed by atoms with E-state index in [9.17, 15) is 4.39 Å². The minimum atomic E-state index is -0.336. The second-order valence-electron chi connectivity index (χ2n) is 7.47. The van der Waals surface area contributed by atoms with Gasteiger partial charge in [0, 0.05) is 45.4 Å². The molecule has 1 aliphatic heterocycles. The number of halogens is 2. The SMILES string of the molecule is COCCn1nnnc1C(c1ccccc1F)N1CCN(Cc2ccccc2)CC1.Cl. The molecule has 0 bridgehead atoms. The summed E-state index contributed by atoms with van der Waals surface area (Å²) in [5, 5.41) is 12.2. The van der Waals surface area contributed by atoms with E-state index in [1.54, 1.807) is 17.9 Å². The molecule has 0 saturated carbocycles. The van der Waals surface area contributed by atoms with Crippen LogP contribution in [0.25, 0.3) is 0 Å². The number of nitrogens with zero attached hydrogens (tertiary/aromatic N) is 6. The summed E-state index contributed by atoms with van der Waals surface area (Å²) in [6.07, 6.45) is 0. The third kappa shape index (κ3) is 5.65. The number of ether oxygens (including phenoxy) is 1. The number of tetrazole rings is 1. The highest BCUT2D eigenvalue weighted by atomic mass is 35.5. The van der Waals surface area contributed by atoms with E-state index in [-0.39, 0.29) is 24.3 Å². The van der Waals surface area contributed by atoms with E-state index in [4.69, 9.17) is 4.74 Å². The maximum Gasteiger partial charge on any atom is 0.173 e. The van der Waals surface area contributed by atoms with Crippen molar-refractivity contribution in [2.75, 3.05) is 39.9 Å². The maximum atomic E-state index is 14.8. The van der Waals surface area contributed by atoms with E-state index in [0.717, 1.165) is 32.7 Å². The molecule has 9 heteroatoms. The Morgan fingerprint density at radius 1 is 1.00 bits per heavy atom. The van der Waals surface area contributed by atoms with Crippen LogP contribution in [0.15, 0.2) is 54.6 Å². The molecule has 1 saturated heterocycles. The largest absolute Gasteiger partial charge is 0.383 e. The van der Waals surface area contributed by atoms with Crippen LogP contribution in [0.2, 0.25) is 0 Å². The average molecular weight is 447 g/mol. The average Bonchev–Trinajstić information content (AvgIpc) is 3.24. The molecule has 166 valence electrons. The molecule has 3 aromatic rings. The molecule has 0 N–H and O–H groups in total. The summed E-state index contributed by atoms with van der Waals surface area (Å²) in [5.41, 5.74) is 1.91. The highest BCUT2D eigenvalue weighted by Gasteiger charge is 2.32. The first-order valence-corrected chi connectivity index (χ1v) is 10.3. The molecule has 0 radical (unpaired) electrons. The molecule has 0 spiro atoms. The minimum absolute atomic E-state index is 0. The van der Waals surface area contributed by atoms with Crippen LogP contribution >= 0.6 is 12.4 Å². The molecular weight excluding hydrogens is 419 g/mol. The van der Waals surface area contributed by atoms with Gasteiger partial charge in [-0.1, -0.05) is 48.5 Å². The first-order valence-electron chi connectivity index (χ1n) is 10.3. The van der Waals surface area contributed by atoms with Crippen molar-refractivity contribution < 1.29 is 9.13 Å². The molecule has 1 atom stereocenters. The number of rotatable bonds is 8. The summed E-state index contributed by atoms with van der Waals surface area (Å²) in [6, 6.07) is 17.0. The van der Waals surface area contributed by atoms with Gasteiger partial charge in [-0.05, 0) is 22.1 Å². The molecule has 0 amide bonds. The van der Waals surface area contributed by atoms with Crippen LogP contribution in [-0.2, 0) is 17.8 Å². The van der Waals surface area contributed by atoms with Gasteiger partial charge >= 0.3 is 0 Å². The number of aromatic nitrogens is 4. The van der Waals surface area contributed by atoms with Crippen LogP contribution in [0.3, 0.4) is 0 Å². The molecule has 4 rings (SSSR count). The lowest BCUT2D eigenvalue weighted by atomic mass is 10.0.